The Bertz CT molecular complexity index is 283. The molecule has 0 atom stereocenters. The van der Waals surface area contributed by atoms with Crippen LogP contribution >= 0.6 is 0 Å². The fourth-order valence-corrected chi connectivity index (χ4v) is 2.57. The molecule has 0 N–H and O–H groups in total. The van der Waals surface area contributed by atoms with Gasteiger partial charge in [-0.25, -0.2) is 0 Å². The zero-order chi connectivity index (χ0) is 9.86. The van der Waals surface area contributed by atoms with Crippen LogP contribution in [-0.2, 0) is 18.3 Å². The van der Waals surface area contributed by atoms with Gasteiger partial charge in [-0.15, -0.1) is 0 Å². The van der Waals surface area contributed by atoms with Gasteiger partial charge in [0.25, 0.3) is 0 Å². The molecule has 0 nitrogen and oxygen atoms in total. The summed E-state index contributed by atoms with van der Waals surface area (Å²) in [5, 5.41) is 0. The van der Waals surface area contributed by atoms with Crippen LogP contribution in [0.2, 0.25) is 4.01 Å². The minimum atomic E-state index is 0.269. The molecule has 14 heavy (non-hydrogen) atoms. The van der Waals surface area contributed by atoms with Crippen molar-refractivity contribution in [2.24, 2.45) is 5.92 Å². The van der Waals surface area contributed by atoms with Crippen molar-refractivity contribution in [3.8, 4) is 0 Å². The standard InChI is InChI=1S/C13H15.Ru/c1-2-7-12(6-1)10-5-11-13-8-3-4-9-13;/h1-4,6-9,12H,5,10-11H2;. The van der Waals surface area contributed by atoms with Gasteiger partial charge in [0.05, 0.1) is 0 Å². The summed E-state index contributed by atoms with van der Waals surface area (Å²) in [4.78, 5) is 0. The van der Waals surface area contributed by atoms with Gasteiger partial charge in [0, 0.05) is 0 Å². The third-order valence-electron chi connectivity index (χ3n) is 2.77. The van der Waals surface area contributed by atoms with Crippen molar-refractivity contribution in [2.45, 2.75) is 23.3 Å². The van der Waals surface area contributed by atoms with Crippen LogP contribution in [0.15, 0.2) is 48.6 Å². The fraction of sp³-hybridized carbons (Fsp3) is 0.385. The predicted octanol–water partition coefficient (Wildman–Crippen LogP) is 3.73. The molecule has 0 aromatic carbocycles. The molecule has 0 fully saturated rings. The Hall–Kier alpha value is -0.417. The summed E-state index contributed by atoms with van der Waals surface area (Å²) < 4.78 is 0.269. The van der Waals surface area contributed by atoms with Crippen molar-refractivity contribution >= 4 is 0 Å². The summed E-state index contributed by atoms with van der Waals surface area (Å²) in [5.74, 6) is 0.694. The van der Waals surface area contributed by atoms with Crippen molar-refractivity contribution in [3.05, 3.63) is 48.6 Å². The molecule has 0 saturated carbocycles. The van der Waals surface area contributed by atoms with Gasteiger partial charge in [-0.1, -0.05) is 0 Å². The Morgan fingerprint density at radius 1 is 1.00 bits per heavy atom. The molecule has 0 amide bonds. The first kappa shape index (κ1) is 10.1. The SMILES string of the molecule is [Ru][C]1(CCCC2C=CC=C2)C=CC=C1. The van der Waals surface area contributed by atoms with Gasteiger partial charge in [-0.2, -0.15) is 0 Å². The molecule has 0 aromatic rings. The first-order chi connectivity index (χ1) is 6.79. The van der Waals surface area contributed by atoms with Gasteiger partial charge in [0.2, 0.25) is 0 Å². The van der Waals surface area contributed by atoms with Gasteiger partial charge in [-0.3, -0.25) is 0 Å². The minimum absolute atomic E-state index is 0.269. The Morgan fingerprint density at radius 3 is 2.29 bits per heavy atom. The summed E-state index contributed by atoms with van der Waals surface area (Å²) in [6, 6.07) is 0. The third kappa shape index (κ3) is 2.54. The maximum atomic E-state index is 2.85. The van der Waals surface area contributed by atoms with Crippen LogP contribution in [0.5, 0.6) is 0 Å². The van der Waals surface area contributed by atoms with E-state index in [1.54, 1.807) is 0 Å². The molecule has 2 rings (SSSR count). The van der Waals surface area contributed by atoms with Crippen molar-refractivity contribution in [3.63, 3.8) is 0 Å². The van der Waals surface area contributed by atoms with Gasteiger partial charge in [-0.05, 0) is 0 Å². The quantitative estimate of drug-likeness (QED) is 0.684. The summed E-state index contributed by atoms with van der Waals surface area (Å²) in [6.07, 6.45) is 21.6. The molecule has 2 aliphatic rings. The van der Waals surface area contributed by atoms with E-state index in [4.69, 9.17) is 0 Å². The van der Waals surface area contributed by atoms with Crippen LogP contribution in [-0.4, -0.2) is 0 Å². The van der Waals surface area contributed by atoms with Crippen molar-refractivity contribution in [1.29, 1.82) is 0 Å². The summed E-state index contributed by atoms with van der Waals surface area (Å²) in [7, 11) is 0. The van der Waals surface area contributed by atoms with Crippen molar-refractivity contribution in [2.75, 3.05) is 0 Å². The van der Waals surface area contributed by atoms with Crippen LogP contribution in [0.3, 0.4) is 0 Å². The van der Waals surface area contributed by atoms with Crippen LogP contribution in [0, 0.1) is 5.92 Å². The van der Waals surface area contributed by atoms with E-state index >= 15 is 0 Å². The van der Waals surface area contributed by atoms with Gasteiger partial charge in [0.1, 0.15) is 0 Å². The van der Waals surface area contributed by atoms with E-state index in [2.05, 4.69) is 66.9 Å². The molecule has 0 aromatic heterocycles. The molecule has 75 valence electrons. The average Bonchev–Trinajstić information content (AvgIpc) is 2.77. The van der Waals surface area contributed by atoms with Crippen molar-refractivity contribution in [1.82, 2.24) is 0 Å². The van der Waals surface area contributed by atoms with Crippen molar-refractivity contribution < 1.29 is 18.3 Å². The molecule has 0 saturated heterocycles. The molecular weight excluding hydrogens is 257 g/mol. The molecule has 2 aliphatic carbocycles. The van der Waals surface area contributed by atoms with E-state index in [1.165, 1.54) is 19.3 Å². The van der Waals surface area contributed by atoms with E-state index in [0.29, 0.717) is 5.92 Å². The first-order valence-corrected chi connectivity index (χ1v) is 6.05. The zero-order valence-corrected chi connectivity index (χ0v) is 9.91. The van der Waals surface area contributed by atoms with Gasteiger partial charge >= 0.3 is 96.1 Å². The monoisotopic (exact) mass is 273 g/mol. The third-order valence-corrected chi connectivity index (χ3v) is 3.78. The molecule has 0 spiro atoms. The second kappa shape index (κ2) is 4.40. The van der Waals surface area contributed by atoms with Crippen LogP contribution in [0.25, 0.3) is 0 Å². The second-order valence-electron chi connectivity index (χ2n) is 3.95. The van der Waals surface area contributed by atoms with Crippen LogP contribution in [0.4, 0.5) is 0 Å². The van der Waals surface area contributed by atoms with Crippen LogP contribution < -0.4 is 0 Å². The number of rotatable bonds is 4. The topological polar surface area (TPSA) is 0 Å². The molecule has 0 heterocycles. The second-order valence-corrected chi connectivity index (χ2v) is 5.57. The van der Waals surface area contributed by atoms with E-state index in [0.717, 1.165) is 0 Å². The number of hydrogen-bond acceptors (Lipinski definition) is 0. The van der Waals surface area contributed by atoms with E-state index in [-0.39, 0.29) is 4.01 Å². The van der Waals surface area contributed by atoms with Gasteiger partial charge < -0.3 is 0 Å². The average molecular weight is 272 g/mol. The summed E-state index contributed by atoms with van der Waals surface area (Å²) in [5.41, 5.74) is 0. The molecule has 0 unspecified atom stereocenters. The predicted molar refractivity (Wildman–Crippen MR) is 56.6 cm³/mol. The molecule has 1 heteroatoms. The van der Waals surface area contributed by atoms with E-state index in [9.17, 15) is 0 Å². The Balaban J connectivity index is 1.72. The molecule has 0 radical (unpaired) electrons. The van der Waals surface area contributed by atoms with Crippen LogP contribution in [0.1, 0.15) is 19.3 Å². The molecule has 0 bridgehead atoms. The Labute approximate surface area is 96.1 Å². The molecular formula is C13H15Ru. The van der Waals surface area contributed by atoms with E-state index in [1.807, 2.05) is 0 Å². The first-order valence-electron chi connectivity index (χ1n) is 5.18. The normalized spacial score (nSPS) is 22.6. The maximum absolute atomic E-state index is 2.85. The zero-order valence-electron chi connectivity index (χ0n) is 8.17. The van der Waals surface area contributed by atoms with E-state index < -0.39 is 0 Å². The summed E-state index contributed by atoms with van der Waals surface area (Å²) in [6.45, 7) is 0. The number of allylic oxidation sites excluding steroid dienone is 8. The fourth-order valence-electron chi connectivity index (χ4n) is 1.92. The summed E-state index contributed by atoms with van der Waals surface area (Å²) >= 11 is 2.85. The Kier molecular flexibility index (Phi) is 3.18. The molecule has 0 aliphatic heterocycles. The number of hydrogen-bond donors (Lipinski definition) is 0. The Morgan fingerprint density at radius 2 is 1.64 bits per heavy atom. The van der Waals surface area contributed by atoms with Gasteiger partial charge in [0.15, 0.2) is 0 Å².